The Labute approximate surface area is 121 Å². The van der Waals surface area contributed by atoms with Gasteiger partial charge in [-0.05, 0) is 52.8 Å². The van der Waals surface area contributed by atoms with Crippen molar-refractivity contribution in [3.8, 4) is 0 Å². The summed E-state index contributed by atoms with van der Waals surface area (Å²) in [7, 11) is 0. The summed E-state index contributed by atoms with van der Waals surface area (Å²) in [4.78, 5) is 13.8. The molecule has 1 saturated heterocycles. The van der Waals surface area contributed by atoms with E-state index in [1.54, 1.807) is 0 Å². The summed E-state index contributed by atoms with van der Waals surface area (Å²) in [5.41, 5.74) is -0.447. The predicted octanol–water partition coefficient (Wildman–Crippen LogP) is 1.87. The lowest BCUT2D eigenvalue weighted by Crippen LogP contribution is -2.49. The molecule has 6 heteroatoms. The standard InChI is InChI=1S/C13H25N3O2S/c1-5-14-11(19)16-8-6-10(7-9-16)15-12(17)18-13(2,3)4/h10H,5-9H2,1-4H3,(H,14,19)(H,15,17). The highest BCUT2D eigenvalue weighted by molar-refractivity contribution is 7.80. The average molecular weight is 287 g/mol. The van der Waals surface area contributed by atoms with Crippen LogP contribution < -0.4 is 10.6 Å². The zero-order chi connectivity index (χ0) is 14.5. The smallest absolute Gasteiger partial charge is 0.407 e. The molecule has 0 aliphatic carbocycles. The number of amides is 1. The van der Waals surface area contributed by atoms with Gasteiger partial charge in [0, 0.05) is 25.7 Å². The second-order valence-electron chi connectivity index (χ2n) is 5.74. The highest BCUT2D eigenvalue weighted by Gasteiger charge is 2.24. The molecule has 0 spiro atoms. The molecule has 1 amide bonds. The van der Waals surface area contributed by atoms with Crippen molar-refractivity contribution in [2.45, 2.75) is 52.2 Å². The fraction of sp³-hybridized carbons (Fsp3) is 0.846. The first kappa shape index (κ1) is 16.0. The van der Waals surface area contributed by atoms with Gasteiger partial charge >= 0.3 is 6.09 Å². The van der Waals surface area contributed by atoms with Crippen molar-refractivity contribution in [1.82, 2.24) is 15.5 Å². The molecule has 0 aromatic carbocycles. The molecular formula is C13H25N3O2S. The molecule has 0 atom stereocenters. The van der Waals surface area contributed by atoms with Crippen LogP contribution in [-0.2, 0) is 4.74 Å². The summed E-state index contributed by atoms with van der Waals surface area (Å²) in [6.45, 7) is 10.2. The van der Waals surface area contributed by atoms with E-state index in [1.807, 2.05) is 27.7 Å². The van der Waals surface area contributed by atoms with Crippen LogP contribution in [0.2, 0.25) is 0 Å². The van der Waals surface area contributed by atoms with Gasteiger partial charge < -0.3 is 20.3 Å². The van der Waals surface area contributed by atoms with E-state index in [4.69, 9.17) is 17.0 Å². The van der Waals surface area contributed by atoms with Gasteiger partial charge in [-0.15, -0.1) is 0 Å². The van der Waals surface area contributed by atoms with E-state index in [2.05, 4.69) is 15.5 Å². The van der Waals surface area contributed by atoms with Crippen molar-refractivity contribution in [2.24, 2.45) is 0 Å². The molecule has 1 rings (SSSR count). The van der Waals surface area contributed by atoms with Gasteiger partial charge in [0.1, 0.15) is 5.60 Å². The maximum Gasteiger partial charge on any atom is 0.407 e. The molecule has 0 aromatic rings. The van der Waals surface area contributed by atoms with E-state index in [1.165, 1.54) is 0 Å². The monoisotopic (exact) mass is 287 g/mol. The van der Waals surface area contributed by atoms with E-state index in [0.29, 0.717) is 0 Å². The molecule has 2 N–H and O–H groups in total. The van der Waals surface area contributed by atoms with E-state index in [-0.39, 0.29) is 12.1 Å². The van der Waals surface area contributed by atoms with Crippen molar-refractivity contribution in [1.29, 1.82) is 0 Å². The summed E-state index contributed by atoms with van der Waals surface area (Å²) in [6.07, 6.45) is 1.45. The van der Waals surface area contributed by atoms with Crippen molar-refractivity contribution < 1.29 is 9.53 Å². The number of thiocarbonyl (C=S) groups is 1. The minimum absolute atomic E-state index is 0.176. The van der Waals surface area contributed by atoms with Crippen LogP contribution in [0, 0.1) is 0 Å². The number of hydrogen-bond donors (Lipinski definition) is 2. The van der Waals surface area contributed by atoms with Crippen molar-refractivity contribution >= 4 is 23.4 Å². The molecule has 1 fully saturated rings. The summed E-state index contributed by atoms with van der Waals surface area (Å²) < 4.78 is 5.25. The second-order valence-corrected chi connectivity index (χ2v) is 6.13. The zero-order valence-electron chi connectivity index (χ0n) is 12.3. The predicted molar refractivity (Wildman–Crippen MR) is 80.2 cm³/mol. The van der Waals surface area contributed by atoms with Gasteiger partial charge in [-0.3, -0.25) is 0 Å². The Kier molecular flexibility index (Phi) is 5.85. The van der Waals surface area contributed by atoms with Crippen LogP contribution in [0.15, 0.2) is 0 Å². The largest absolute Gasteiger partial charge is 0.444 e. The van der Waals surface area contributed by atoms with Gasteiger partial charge in [0.05, 0.1) is 0 Å². The SMILES string of the molecule is CCNC(=S)N1CCC(NC(=O)OC(C)(C)C)CC1. The first-order valence-electron chi connectivity index (χ1n) is 6.84. The Balaban J connectivity index is 2.30. The number of nitrogens with zero attached hydrogens (tertiary/aromatic N) is 1. The van der Waals surface area contributed by atoms with E-state index >= 15 is 0 Å². The third-order valence-corrected chi connectivity index (χ3v) is 3.23. The number of nitrogens with one attached hydrogen (secondary N) is 2. The van der Waals surface area contributed by atoms with E-state index in [9.17, 15) is 4.79 Å². The quantitative estimate of drug-likeness (QED) is 0.759. The molecule has 0 saturated carbocycles. The summed E-state index contributed by atoms with van der Waals surface area (Å²) in [5.74, 6) is 0. The molecule has 0 aromatic heterocycles. The molecule has 19 heavy (non-hydrogen) atoms. The fourth-order valence-corrected chi connectivity index (χ4v) is 2.29. The Hall–Kier alpha value is -1.04. The van der Waals surface area contributed by atoms with Gasteiger partial charge in [0.2, 0.25) is 0 Å². The van der Waals surface area contributed by atoms with Gasteiger partial charge in [-0.2, -0.15) is 0 Å². The summed E-state index contributed by atoms with van der Waals surface area (Å²) >= 11 is 5.27. The lowest BCUT2D eigenvalue weighted by molar-refractivity contribution is 0.0488. The summed E-state index contributed by atoms with van der Waals surface area (Å²) in [5, 5.41) is 6.87. The van der Waals surface area contributed by atoms with Crippen LogP contribution in [0.4, 0.5) is 4.79 Å². The fourth-order valence-electron chi connectivity index (χ4n) is 1.96. The third-order valence-electron chi connectivity index (χ3n) is 2.83. The Bertz CT molecular complexity index is 320. The van der Waals surface area contributed by atoms with Crippen molar-refractivity contribution in [2.75, 3.05) is 19.6 Å². The average Bonchev–Trinajstić information content (AvgIpc) is 2.27. The lowest BCUT2D eigenvalue weighted by atomic mass is 10.1. The van der Waals surface area contributed by atoms with E-state index in [0.717, 1.165) is 37.6 Å². The Morgan fingerprint density at radius 2 is 1.95 bits per heavy atom. The number of carbonyl (C=O) groups is 1. The van der Waals surface area contributed by atoms with Gasteiger partial charge in [-0.1, -0.05) is 0 Å². The Morgan fingerprint density at radius 3 is 2.42 bits per heavy atom. The number of rotatable bonds is 2. The van der Waals surface area contributed by atoms with Crippen LogP contribution in [0.25, 0.3) is 0 Å². The third kappa shape index (κ3) is 6.09. The first-order valence-corrected chi connectivity index (χ1v) is 7.25. The number of piperidine rings is 1. The topological polar surface area (TPSA) is 53.6 Å². The molecule has 110 valence electrons. The summed E-state index contributed by atoms with van der Waals surface area (Å²) in [6, 6.07) is 0.176. The number of alkyl carbamates (subject to hydrolysis) is 1. The number of hydrogen-bond acceptors (Lipinski definition) is 3. The zero-order valence-corrected chi connectivity index (χ0v) is 13.1. The van der Waals surface area contributed by atoms with Gasteiger partial charge in [-0.25, -0.2) is 4.79 Å². The minimum atomic E-state index is -0.447. The minimum Gasteiger partial charge on any atom is -0.444 e. The van der Waals surface area contributed by atoms with E-state index < -0.39 is 5.60 Å². The Morgan fingerprint density at radius 1 is 1.37 bits per heavy atom. The van der Waals surface area contributed by atoms with Crippen LogP contribution in [-0.4, -0.2) is 47.4 Å². The van der Waals surface area contributed by atoms with Crippen molar-refractivity contribution in [3.63, 3.8) is 0 Å². The van der Waals surface area contributed by atoms with Crippen LogP contribution >= 0.6 is 12.2 Å². The maximum absolute atomic E-state index is 11.7. The van der Waals surface area contributed by atoms with Crippen LogP contribution in [0.3, 0.4) is 0 Å². The molecule has 1 heterocycles. The van der Waals surface area contributed by atoms with Crippen LogP contribution in [0.1, 0.15) is 40.5 Å². The first-order chi connectivity index (χ1) is 8.81. The second kappa shape index (κ2) is 6.93. The van der Waals surface area contributed by atoms with Crippen LogP contribution in [0.5, 0.6) is 0 Å². The number of ether oxygens (including phenoxy) is 1. The lowest BCUT2D eigenvalue weighted by Gasteiger charge is -2.34. The van der Waals surface area contributed by atoms with Gasteiger partial charge in [0.25, 0.3) is 0 Å². The molecule has 0 bridgehead atoms. The normalized spacial score (nSPS) is 16.9. The molecular weight excluding hydrogens is 262 g/mol. The molecule has 1 aliphatic heterocycles. The molecule has 0 radical (unpaired) electrons. The maximum atomic E-state index is 11.7. The molecule has 5 nitrogen and oxygen atoms in total. The highest BCUT2D eigenvalue weighted by atomic mass is 32.1. The molecule has 0 unspecified atom stereocenters. The molecule has 1 aliphatic rings. The van der Waals surface area contributed by atoms with Gasteiger partial charge in [0.15, 0.2) is 5.11 Å². The number of likely N-dealkylation sites (tertiary alicyclic amines) is 1. The number of carbonyl (C=O) groups excluding carboxylic acids is 1. The highest BCUT2D eigenvalue weighted by Crippen LogP contribution is 2.12. The van der Waals surface area contributed by atoms with Crippen molar-refractivity contribution in [3.05, 3.63) is 0 Å².